The Morgan fingerprint density at radius 1 is 0.905 bits per heavy atom. The van der Waals surface area contributed by atoms with Crippen molar-refractivity contribution >= 4 is 0 Å². The molecule has 21 heavy (non-hydrogen) atoms. The molecule has 2 rings (SSSR count). The zero-order valence-electron chi connectivity index (χ0n) is 14.3. The summed E-state index contributed by atoms with van der Waals surface area (Å²) in [5, 5.41) is 0. The molecule has 0 aromatic rings. The summed E-state index contributed by atoms with van der Waals surface area (Å²) in [6.07, 6.45) is 13.6. The second-order valence-electron chi connectivity index (χ2n) is 7.72. The Morgan fingerprint density at radius 3 is 2.10 bits per heavy atom. The molecule has 0 spiro atoms. The Kier molecular flexibility index (Phi) is 6.97. The molecule has 1 saturated heterocycles. The molecule has 0 bridgehead atoms. The largest absolute Gasteiger partial charge is 0.373 e. The van der Waals surface area contributed by atoms with E-state index in [-0.39, 0.29) is 5.60 Å². The van der Waals surface area contributed by atoms with Crippen molar-refractivity contribution in [2.45, 2.75) is 95.7 Å². The number of rotatable bonds is 1. The number of hydrogen-bond acceptors (Lipinski definition) is 3. The topological polar surface area (TPSA) is 38.5 Å². The lowest BCUT2D eigenvalue weighted by Crippen LogP contribution is -2.57. The number of morpholine rings is 1. The van der Waals surface area contributed by atoms with Gasteiger partial charge in [-0.3, -0.25) is 4.90 Å². The summed E-state index contributed by atoms with van der Waals surface area (Å²) >= 11 is 0. The summed E-state index contributed by atoms with van der Waals surface area (Å²) in [5.74, 6) is 0. The Balaban J connectivity index is 1.94. The number of hydrogen-bond donors (Lipinski definition) is 1. The van der Waals surface area contributed by atoms with Crippen LogP contribution in [0.4, 0.5) is 0 Å². The van der Waals surface area contributed by atoms with E-state index < -0.39 is 0 Å². The molecule has 1 aliphatic carbocycles. The predicted molar refractivity (Wildman–Crippen MR) is 89.5 cm³/mol. The lowest BCUT2D eigenvalue weighted by molar-refractivity contribution is -0.101. The van der Waals surface area contributed by atoms with E-state index in [9.17, 15) is 0 Å². The van der Waals surface area contributed by atoms with Gasteiger partial charge in [-0.1, -0.05) is 51.4 Å². The van der Waals surface area contributed by atoms with Crippen LogP contribution < -0.4 is 5.73 Å². The molecular formula is C18H36N2O. The van der Waals surface area contributed by atoms with Crippen molar-refractivity contribution in [3.8, 4) is 0 Å². The molecule has 3 nitrogen and oxygen atoms in total. The minimum Gasteiger partial charge on any atom is -0.373 e. The van der Waals surface area contributed by atoms with Gasteiger partial charge in [0, 0.05) is 25.2 Å². The molecule has 1 heterocycles. The van der Waals surface area contributed by atoms with Crippen LogP contribution in [0.3, 0.4) is 0 Å². The summed E-state index contributed by atoms with van der Waals surface area (Å²) in [7, 11) is 0. The van der Waals surface area contributed by atoms with Crippen molar-refractivity contribution in [1.29, 1.82) is 0 Å². The summed E-state index contributed by atoms with van der Waals surface area (Å²) in [4.78, 5) is 2.62. The maximum absolute atomic E-state index is 6.60. The van der Waals surface area contributed by atoms with E-state index >= 15 is 0 Å². The fraction of sp³-hybridized carbons (Fsp3) is 1.00. The summed E-state index contributed by atoms with van der Waals surface area (Å²) in [6, 6.07) is 0.908. The maximum Gasteiger partial charge on any atom is 0.0753 e. The fourth-order valence-corrected chi connectivity index (χ4v) is 3.99. The highest BCUT2D eigenvalue weighted by Gasteiger charge is 2.33. The minimum absolute atomic E-state index is 0.0122. The van der Waals surface area contributed by atoms with Crippen molar-refractivity contribution < 1.29 is 4.74 Å². The number of nitrogens with two attached hydrogens (primary N) is 1. The third-order valence-electron chi connectivity index (χ3n) is 5.21. The molecule has 0 aromatic carbocycles. The highest BCUT2D eigenvalue weighted by atomic mass is 16.5. The van der Waals surface area contributed by atoms with Crippen LogP contribution in [0.1, 0.15) is 78.1 Å². The van der Waals surface area contributed by atoms with E-state index in [0.717, 1.165) is 19.7 Å². The van der Waals surface area contributed by atoms with Gasteiger partial charge >= 0.3 is 0 Å². The molecule has 3 heteroatoms. The van der Waals surface area contributed by atoms with Gasteiger partial charge < -0.3 is 10.5 Å². The smallest absolute Gasteiger partial charge is 0.0753 e. The van der Waals surface area contributed by atoms with Crippen LogP contribution in [0, 0.1) is 0 Å². The van der Waals surface area contributed by atoms with Crippen LogP contribution in [0.5, 0.6) is 0 Å². The SMILES string of the molecule is CC1(C)CN(C2CCCCCCCCCCC2N)CCO1. The van der Waals surface area contributed by atoms with E-state index in [2.05, 4.69) is 18.7 Å². The van der Waals surface area contributed by atoms with Gasteiger partial charge in [0.2, 0.25) is 0 Å². The lowest BCUT2D eigenvalue weighted by Gasteiger charge is -2.44. The fourth-order valence-electron chi connectivity index (χ4n) is 3.99. The van der Waals surface area contributed by atoms with Crippen LogP contribution in [0.25, 0.3) is 0 Å². The van der Waals surface area contributed by atoms with E-state index in [1.54, 1.807) is 0 Å². The zero-order chi connectivity index (χ0) is 15.1. The number of nitrogens with zero attached hydrogens (tertiary/aromatic N) is 1. The first-order chi connectivity index (χ1) is 10.1. The highest BCUT2D eigenvalue weighted by Crippen LogP contribution is 2.24. The zero-order valence-corrected chi connectivity index (χ0v) is 14.3. The van der Waals surface area contributed by atoms with Gasteiger partial charge in [0.1, 0.15) is 0 Å². The molecular weight excluding hydrogens is 260 g/mol. The Labute approximate surface area is 131 Å². The Hall–Kier alpha value is -0.120. The molecule has 2 fully saturated rings. The molecule has 0 amide bonds. The Morgan fingerprint density at radius 2 is 1.48 bits per heavy atom. The van der Waals surface area contributed by atoms with Gasteiger partial charge in [0.25, 0.3) is 0 Å². The van der Waals surface area contributed by atoms with E-state index in [1.165, 1.54) is 64.2 Å². The monoisotopic (exact) mass is 296 g/mol. The van der Waals surface area contributed by atoms with Gasteiger partial charge in [0.05, 0.1) is 12.2 Å². The van der Waals surface area contributed by atoms with Crippen LogP contribution in [-0.2, 0) is 4.74 Å². The van der Waals surface area contributed by atoms with Gasteiger partial charge in [-0.2, -0.15) is 0 Å². The second kappa shape index (κ2) is 8.50. The number of ether oxygens (including phenoxy) is 1. The van der Waals surface area contributed by atoms with Gasteiger partial charge in [-0.25, -0.2) is 0 Å². The first-order valence-corrected chi connectivity index (χ1v) is 9.22. The molecule has 2 aliphatic rings. The molecule has 0 aromatic heterocycles. The van der Waals surface area contributed by atoms with Crippen LogP contribution in [-0.4, -0.2) is 42.3 Å². The van der Waals surface area contributed by atoms with Crippen molar-refractivity contribution in [2.75, 3.05) is 19.7 Å². The van der Waals surface area contributed by atoms with Crippen molar-refractivity contribution in [3.05, 3.63) is 0 Å². The molecule has 1 aliphatic heterocycles. The average Bonchev–Trinajstić information content (AvgIpc) is 2.41. The lowest BCUT2D eigenvalue weighted by atomic mass is 9.92. The van der Waals surface area contributed by atoms with Crippen LogP contribution >= 0.6 is 0 Å². The van der Waals surface area contributed by atoms with Crippen molar-refractivity contribution in [2.24, 2.45) is 5.73 Å². The molecule has 2 unspecified atom stereocenters. The van der Waals surface area contributed by atoms with Crippen molar-refractivity contribution in [3.63, 3.8) is 0 Å². The summed E-state index contributed by atoms with van der Waals surface area (Å²) in [5.41, 5.74) is 6.58. The average molecular weight is 296 g/mol. The Bertz CT molecular complexity index is 293. The molecule has 1 saturated carbocycles. The molecule has 124 valence electrons. The van der Waals surface area contributed by atoms with Crippen LogP contribution in [0.15, 0.2) is 0 Å². The third kappa shape index (κ3) is 5.88. The molecule has 0 radical (unpaired) electrons. The molecule has 2 atom stereocenters. The highest BCUT2D eigenvalue weighted by molar-refractivity contribution is 4.88. The van der Waals surface area contributed by atoms with E-state index in [0.29, 0.717) is 12.1 Å². The van der Waals surface area contributed by atoms with Gasteiger partial charge in [0.15, 0.2) is 0 Å². The summed E-state index contributed by atoms with van der Waals surface area (Å²) < 4.78 is 5.88. The second-order valence-corrected chi connectivity index (χ2v) is 7.72. The quantitative estimate of drug-likeness (QED) is 0.801. The van der Waals surface area contributed by atoms with E-state index in [4.69, 9.17) is 10.5 Å². The minimum atomic E-state index is -0.0122. The maximum atomic E-state index is 6.60. The third-order valence-corrected chi connectivity index (χ3v) is 5.21. The van der Waals surface area contributed by atoms with Crippen molar-refractivity contribution in [1.82, 2.24) is 4.90 Å². The first kappa shape index (κ1) is 17.2. The predicted octanol–water partition coefficient (Wildman–Crippen LogP) is 3.71. The van der Waals surface area contributed by atoms with Crippen LogP contribution in [0.2, 0.25) is 0 Å². The van der Waals surface area contributed by atoms with E-state index in [1.807, 2.05) is 0 Å². The normalized spacial score (nSPS) is 33.9. The van der Waals surface area contributed by atoms with Gasteiger partial charge in [-0.05, 0) is 26.7 Å². The van der Waals surface area contributed by atoms with Gasteiger partial charge in [-0.15, -0.1) is 0 Å². The summed E-state index contributed by atoms with van der Waals surface area (Å²) in [6.45, 7) is 7.36. The first-order valence-electron chi connectivity index (χ1n) is 9.22. The standard InChI is InChI=1S/C18H36N2O/c1-18(2)15-20(13-14-21-18)17-12-10-8-6-4-3-5-7-9-11-16(17)19/h16-17H,3-15,19H2,1-2H3. The molecule has 2 N–H and O–H groups in total.